The Labute approximate surface area is 101 Å². The summed E-state index contributed by atoms with van der Waals surface area (Å²) < 4.78 is 37.6. The van der Waals surface area contributed by atoms with E-state index in [0.29, 0.717) is 24.0 Å². The number of nitrogens with two attached hydrogens (primary N) is 1. The average molecular weight is 259 g/mol. The molecular formula is C12H12F3NO2. The number of carboxylic acid groups (broad SMARTS) is 1. The van der Waals surface area contributed by atoms with E-state index in [9.17, 15) is 18.0 Å². The SMILES string of the molecule is NC1CCc2cc(C(F)(F)F)ccc2C1C(=O)O. The first-order valence-corrected chi connectivity index (χ1v) is 5.49. The summed E-state index contributed by atoms with van der Waals surface area (Å²) in [5.41, 5.74) is 5.79. The standard InChI is InChI=1S/C12H12F3NO2/c13-12(14,15)7-2-3-8-6(5-7)1-4-9(16)10(8)11(17)18/h2-3,5,9-10H,1,4,16H2,(H,17,18). The first kappa shape index (κ1) is 12.9. The molecule has 2 atom stereocenters. The third-order valence-corrected chi connectivity index (χ3v) is 3.25. The molecule has 0 radical (unpaired) electrons. The first-order valence-electron chi connectivity index (χ1n) is 5.49. The minimum absolute atomic E-state index is 0.379. The van der Waals surface area contributed by atoms with Gasteiger partial charge in [-0.05, 0) is 36.1 Å². The van der Waals surface area contributed by atoms with Crippen molar-refractivity contribution in [2.24, 2.45) is 5.73 Å². The van der Waals surface area contributed by atoms with Gasteiger partial charge in [-0.25, -0.2) is 0 Å². The second-order valence-electron chi connectivity index (χ2n) is 4.43. The molecule has 3 nitrogen and oxygen atoms in total. The fraction of sp³-hybridized carbons (Fsp3) is 0.417. The van der Waals surface area contributed by atoms with Crippen LogP contribution in [0.3, 0.4) is 0 Å². The summed E-state index contributed by atoms with van der Waals surface area (Å²) in [6.45, 7) is 0. The van der Waals surface area contributed by atoms with Crippen LogP contribution >= 0.6 is 0 Å². The Hall–Kier alpha value is -1.56. The monoisotopic (exact) mass is 259 g/mol. The molecular weight excluding hydrogens is 247 g/mol. The van der Waals surface area contributed by atoms with Crippen molar-refractivity contribution >= 4 is 5.97 Å². The predicted octanol–water partition coefficient (Wildman–Crippen LogP) is 2.15. The molecule has 0 amide bonds. The number of carboxylic acids is 1. The maximum absolute atomic E-state index is 12.5. The molecule has 0 fully saturated rings. The van der Waals surface area contributed by atoms with Crippen LogP contribution in [0, 0.1) is 0 Å². The van der Waals surface area contributed by atoms with Gasteiger partial charge in [-0.15, -0.1) is 0 Å². The van der Waals surface area contributed by atoms with Crippen molar-refractivity contribution in [2.45, 2.75) is 31.0 Å². The molecule has 0 heterocycles. The molecule has 0 saturated carbocycles. The molecule has 3 N–H and O–H groups in total. The molecule has 0 aliphatic heterocycles. The molecule has 1 aromatic rings. The maximum atomic E-state index is 12.5. The smallest absolute Gasteiger partial charge is 0.416 e. The largest absolute Gasteiger partial charge is 0.481 e. The van der Waals surface area contributed by atoms with Crippen LogP contribution in [0.2, 0.25) is 0 Å². The quantitative estimate of drug-likeness (QED) is 0.812. The molecule has 0 saturated heterocycles. The summed E-state index contributed by atoms with van der Waals surface area (Å²) >= 11 is 0. The fourth-order valence-corrected chi connectivity index (χ4v) is 2.34. The molecule has 0 bridgehead atoms. The Morgan fingerprint density at radius 2 is 2.06 bits per heavy atom. The van der Waals surface area contributed by atoms with Crippen molar-refractivity contribution in [1.29, 1.82) is 0 Å². The van der Waals surface area contributed by atoms with E-state index < -0.39 is 29.7 Å². The minimum Gasteiger partial charge on any atom is -0.481 e. The lowest BCUT2D eigenvalue weighted by Crippen LogP contribution is -2.37. The minimum atomic E-state index is -4.41. The number of benzene rings is 1. The molecule has 2 rings (SSSR count). The highest BCUT2D eigenvalue weighted by Crippen LogP contribution is 2.36. The lowest BCUT2D eigenvalue weighted by Gasteiger charge is -2.28. The topological polar surface area (TPSA) is 63.3 Å². The van der Waals surface area contributed by atoms with Gasteiger partial charge in [0.2, 0.25) is 0 Å². The van der Waals surface area contributed by atoms with E-state index in [1.807, 2.05) is 0 Å². The number of halogens is 3. The van der Waals surface area contributed by atoms with E-state index in [-0.39, 0.29) is 0 Å². The number of hydrogen-bond donors (Lipinski definition) is 2. The zero-order valence-corrected chi connectivity index (χ0v) is 9.37. The molecule has 1 aliphatic rings. The summed E-state index contributed by atoms with van der Waals surface area (Å²) in [5.74, 6) is -2.01. The molecule has 98 valence electrons. The van der Waals surface area contributed by atoms with Gasteiger partial charge in [-0.3, -0.25) is 4.79 Å². The predicted molar refractivity (Wildman–Crippen MR) is 58.1 cm³/mol. The Kier molecular flexibility index (Phi) is 3.06. The number of hydrogen-bond acceptors (Lipinski definition) is 2. The van der Waals surface area contributed by atoms with Crippen LogP contribution in [0.4, 0.5) is 13.2 Å². The number of aryl methyl sites for hydroxylation is 1. The van der Waals surface area contributed by atoms with Crippen molar-refractivity contribution in [1.82, 2.24) is 0 Å². The second-order valence-corrected chi connectivity index (χ2v) is 4.43. The van der Waals surface area contributed by atoms with Crippen LogP contribution in [0.1, 0.15) is 29.0 Å². The van der Waals surface area contributed by atoms with Crippen LogP contribution in [0.15, 0.2) is 18.2 Å². The van der Waals surface area contributed by atoms with Crippen molar-refractivity contribution in [3.63, 3.8) is 0 Å². The van der Waals surface area contributed by atoms with Gasteiger partial charge in [0.15, 0.2) is 0 Å². The summed E-state index contributed by atoms with van der Waals surface area (Å²) in [4.78, 5) is 11.1. The summed E-state index contributed by atoms with van der Waals surface area (Å²) in [5, 5.41) is 9.08. The highest BCUT2D eigenvalue weighted by atomic mass is 19.4. The molecule has 6 heteroatoms. The van der Waals surface area contributed by atoms with E-state index in [2.05, 4.69) is 0 Å². The van der Waals surface area contributed by atoms with Gasteiger partial charge in [-0.1, -0.05) is 6.07 Å². The van der Waals surface area contributed by atoms with E-state index >= 15 is 0 Å². The van der Waals surface area contributed by atoms with E-state index in [1.54, 1.807) is 0 Å². The third-order valence-electron chi connectivity index (χ3n) is 3.25. The number of fused-ring (bicyclic) bond motifs is 1. The lowest BCUT2D eigenvalue weighted by atomic mass is 9.79. The summed E-state index contributed by atoms with van der Waals surface area (Å²) in [6, 6.07) is 2.62. The Morgan fingerprint density at radius 3 is 2.61 bits per heavy atom. The molecule has 18 heavy (non-hydrogen) atoms. The van der Waals surface area contributed by atoms with Crippen molar-refractivity contribution < 1.29 is 23.1 Å². The molecule has 2 unspecified atom stereocenters. The number of aliphatic carboxylic acids is 1. The van der Waals surface area contributed by atoms with Crippen molar-refractivity contribution in [3.05, 3.63) is 34.9 Å². The van der Waals surface area contributed by atoms with Crippen molar-refractivity contribution in [2.75, 3.05) is 0 Å². The maximum Gasteiger partial charge on any atom is 0.416 e. The second kappa shape index (κ2) is 4.28. The van der Waals surface area contributed by atoms with Crippen LogP contribution in [-0.2, 0) is 17.4 Å². The van der Waals surface area contributed by atoms with Gasteiger partial charge in [0.25, 0.3) is 0 Å². The van der Waals surface area contributed by atoms with Gasteiger partial charge < -0.3 is 10.8 Å². The third kappa shape index (κ3) is 2.20. The first-order chi connectivity index (χ1) is 8.30. The zero-order chi connectivity index (χ0) is 13.5. The summed E-state index contributed by atoms with van der Waals surface area (Å²) in [7, 11) is 0. The van der Waals surface area contributed by atoms with Gasteiger partial charge in [0, 0.05) is 6.04 Å². The highest BCUT2D eigenvalue weighted by Gasteiger charge is 2.36. The number of carbonyl (C=O) groups is 1. The lowest BCUT2D eigenvalue weighted by molar-refractivity contribution is -0.139. The van der Waals surface area contributed by atoms with Gasteiger partial charge >= 0.3 is 12.1 Å². The number of rotatable bonds is 1. The number of alkyl halides is 3. The highest BCUT2D eigenvalue weighted by molar-refractivity contribution is 5.78. The van der Waals surface area contributed by atoms with E-state index in [0.717, 1.165) is 12.1 Å². The van der Waals surface area contributed by atoms with Crippen LogP contribution in [-0.4, -0.2) is 17.1 Å². The molecule has 0 spiro atoms. The van der Waals surface area contributed by atoms with Crippen LogP contribution < -0.4 is 5.73 Å². The summed E-state index contributed by atoms with van der Waals surface area (Å²) in [6.07, 6.45) is -3.65. The molecule has 1 aliphatic carbocycles. The normalized spacial score (nSPS) is 23.6. The Balaban J connectivity index is 2.47. The molecule has 0 aromatic heterocycles. The van der Waals surface area contributed by atoms with E-state index in [1.165, 1.54) is 6.07 Å². The van der Waals surface area contributed by atoms with Gasteiger partial charge in [-0.2, -0.15) is 13.2 Å². The molecule has 1 aromatic carbocycles. The van der Waals surface area contributed by atoms with Gasteiger partial charge in [0.05, 0.1) is 11.5 Å². The van der Waals surface area contributed by atoms with Crippen LogP contribution in [0.5, 0.6) is 0 Å². The van der Waals surface area contributed by atoms with Crippen molar-refractivity contribution in [3.8, 4) is 0 Å². The Bertz CT molecular complexity index is 485. The fourth-order valence-electron chi connectivity index (χ4n) is 2.34. The Morgan fingerprint density at radius 1 is 1.39 bits per heavy atom. The van der Waals surface area contributed by atoms with E-state index in [4.69, 9.17) is 10.8 Å². The van der Waals surface area contributed by atoms with Gasteiger partial charge in [0.1, 0.15) is 0 Å². The van der Waals surface area contributed by atoms with Crippen LogP contribution in [0.25, 0.3) is 0 Å². The zero-order valence-electron chi connectivity index (χ0n) is 9.37. The average Bonchev–Trinajstić information content (AvgIpc) is 2.26.